The van der Waals surface area contributed by atoms with Gasteiger partial charge in [-0.25, -0.2) is 0 Å². The van der Waals surface area contributed by atoms with Crippen LogP contribution in [0.3, 0.4) is 0 Å². The number of methoxy groups -OCH3 is 2. The van der Waals surface area contributed by atoms with Gasteiger partial charge in [-0.3, -0.25) is 9.89 Å². The van der Waals surface area contributed by atoms with Crippen LogP contribution in [-0.4, -0.2) is 44.0 Å². The van der Waals surface area contributed by atoms with Crippen LogP contribution in [0.25, 0.3) is 0 Å². The molecule has 1 aromatic carbocycles. The summed E-state index contributed by atoms with van der Waals surface area (Å²) in [6, 6.07) is 4.97. The number of ether oxygens (including phenoxy) is 2. The van der Waals surface area contributed by atoms with E-state index in [0.717, 1.165) is 23.6 Å². The third-order valence-corrected chi connectivity index (χ3v) is 7.65. The van der Waals surface area contributed by atoms with Gasteiger partial charge in [0, 0.05) is 11.8 Å². The summed E-state index contributed by atoms with van der Waals surface area (Å²) in [4.78, 5) is 7.95. The molecule has 4 nitrogen and oxygen atoms in total. The van der Waals surface area contributed by atoms with Gasteiger partial charge in [-0.1, -0.05) is 13.0 Å². The Bertz CT molecular complexity index is 759. The number of aliphatic imine (C=N–C) groups is 1. The van der Waals surface area contributed by atoms with E-state index in [4.69, 9.17) is 14.5 Å². The Labute approximate surface area is 150 Å². The average Bonchev–Trinajstić information content (AvgIpc) is 3.21. The number of fused-ring (bicyclic) bond motifs is 1. The lowest BCUT2D eigenvalue weighted by Crippen LogP contribution is -2.61. The van der Waals surface area contributed by atoms with Crippen molar-refractivity contribution in [3.8, 4) is 11.5 Å². The molecule has 1 spiro atoms. The van der Waals surface area contributed by atoms with Crippen molar-refractivity contribution < 1.29 is 9.47 Å². The molecule has 4 heteroatoms. The summed E-state index contributed by atoms with van der Waals surface area (Å²) in [6.07, 6.45) is 7.65. The summed E-state index contributed by atoms with van der Waals surface area (Å²) in [7, 11) is 3.44. The van der Waals surface area contributed by atoms with Crippen molar-refractivity contribution in [1.82, 2.24) is 4.90 Å². The predicted molar refractivity (Wildman–Crippen MR) is 99.5 cm³/mol. The maximum Gasteiger partial charge on any atom is 0.186 e. The predicted octanol–water partition coefficient (Wildman–Crippen LogP) is 4.09. The number of rotatable bonds is 3. The fraction of sp³-hybridized carbons (Fsp3) is 0.667. The van der Waals surface area contributed by atoms with Crippen molar-refractivity contribution in [1.29, 1.82) is 0 Å². The second kappa shape index (κ2) is 5.23. The van der Waals surface area contributed by atoms with E-state index in [0.29, 0.717) is 11.5 Å². The molecular weight excluding hydrogens is 312 g/mol. The fourth-order valence-electron chi connectivity index (χ4n) is 6.63. The first-order valence-electron chi connectivity index (χ1n) is 9.78. The lowest BCUT2D eigenvalue weighted by Gasteiger charge is -2.56. The zero-order valence-electron chi connectivity index (χ0n) is 15.6. The Balaban J connectivity index is 1.74. The van der Waals surface area contributed by atoms with Crippen LogP contribution in [0.5, 0.6) is 11.5 Å². The molecule has 134 valence electrons. The van der Waals surface area contributed by atoms with Crippen LogP contribution in [0.2, 0.25) is 0 Å². The molecule has 2 saturated heterocycles. The monoisotopic (exact) mass is 340 g/mol. The highest BCUT2D eigenvalue weighted by Crippen LogP contribution is 2.64. The minimum absolute atomic E-state index is 0.115. The van der Waals surface area contributed by atoms with Gasteiger partial charge in [-0.15, -0.1) is 0 Å². The number of benzene rings is 1. The molecule has 0 bridgehead atoms. The molecular formula is C21H28N2O2. The summed E-state index contributed by atoms with van der Waals surface area (Å²) in [6.45, 7) is 4.87. The molecule has 0 unspecified atom stereocenters. The SMILES string of the molecule is CC[C@@]12CCCN3CC[C@@]4(C(=Nc5c4ccc(OC)c5OC)CC1)[C@H]32. The number of nitrogens with zero attached hydrogens (tertiary/aromatic N) is 2. The normalized spacial score (nSPS) is 35.6. The Hall–Kier alpha value is -1.55. The van der Waals surface area contributed by atoms with E-state index in [1.807, 2.05) is 0 Å². The van der Waals surface area contributed by atoms with Crippen molar-refractivity contribution in [2.75, 3.05) is 27.3 Å². The second-order valence-electron chi connectivity index (χ2n) is 8.24. The van der Waals surface area contributed by atoms with Crippen LogP contribution in [-0.2, 0) is 5.41 Å². The second-order valence-corrected chi connectivity index (χ2v) is 8.24. The molecule has 0 aromatic heterocycles. The van der Waals surface area contributed by atoms with Gasteiger partial charge in [0.1, 0.15) is 5.69 Å². The minimum Gasteiger partial charge on any atom is -0.493 e. The van der Waals surface area contributed by atoms with Gasteiger partial charge < -0.3 is 9.47 Å². The Morgan fingerprint density at radius 2 is 2.04 bits per heavy atom. The van der Waals surface area contributed by atoms with Crippen molar-refractivity contribution in [2.24, 2.45) is 10.4 Å². The van der Waals surface area contributed by atoms with Gasteiger partial charge in [0.15, 0.2) is 11.5 Å². The fourth-order valence-corrected chi connectivity index (χ4v) is 6.63. The first kappa shape index (κ1) is 15.7. The summed E-state index contributed by atoms with van der Waals surface area (Å²) in [5, 5.41) is 0. The van der Waals surface area contributed by atoms with Gasteiger partial charge in [-0.2, -0.15) is 0 Å². The highest BCUT2D eigenvalue weighted by molar-refractivity contribution is 6.05. The van der Waals surface area contributed by atoms with Crippen LogP contribution in [0.1, 0.15) is 51.0 Å². The zero-order valence-corrected chi connectivity index (χ0v) is 15.6. The number of hydrogen-bond donors (Lipinski definition) is 0. The number of piperidine rings is 1. The summed E-state index contributed by atoms with van der Waals surface area (Å²) < 4.78 is 11.3. The van der Waals surface area contributed by atoms with Crippen molar-refractivity contribution in [3.63, 3.8) is 0 Å². The van der Waals surface area contributed by atoms with Crippen molar-refractivity contribution in [3.05, 3.63) is 17.7 Å². The van der Waals surface area contributed by atoms with E-state index in [9.17, 15) is 0 Å². The minimum atomic E-state index is 0.115. The van der Waals surface area contributed by atoms with Crippen LogP contribution in [0.15, 0.2) is 17.1 Å². The standard InChI is InChI=1S/C21H28N2O2/c1-4-20-9-5-12-23-13-11-21(19(20)23)14-6-7-15(24-2)18(25-3)17(14)22-16(21)8-10-20/h6-7,19H,4-5,8-13H2,1-3H3/t19-,20-,21-/m1/s1. The zero-order chi connectivity index (χ0) is 17.2. The molecule has 3 aliphatic heterocycles. The molecule has 25 heavy (non-hydrogen) atoms. The van der Waals surface area contributed by atoms with E-state index >= 15 is 0 Å². The molecule has 0 N–H and O–H groups in total. The molecule has 3 atom stereocenters. The van der Waals surface area contributed by atoms with E-state index in [1.165, 1.54) is 56.5 Å². The third kappa shape index (κ3) is 1.74. The van der Waals surface area contributed by atoms with Crippen LogP contribution < -0.4 is 9.47 Å². The van der Waals surface area contributed by atoms with E-state index in [1.54, 1.807) is 14.2 Å². The van der Waals surface area contributed by atoms with Gasteiger partial charge in [0.2, 0.25) is 0 Å². The smallest absolute Gasteiger partial charge is 0.186 e. The van der Waals surface area contributed by atoms with E-state index in [-0.39, 0.29) is 5.41 Å². The van der Waals surface area contributed by atoms with Gasteiger partial charge >= 0.3 is 0 Å². The summed E-state index contributed by atoms with van der Waals surface area (Å²) in [5.74, 6) is 1.61. The Morgan fingerprint density at radius 1 is 1.16 bits per heavy atom. The molecule has 1 aliphatic carbocycles. The highest BCUT2D eigenvalue weighted by atomic mass is 16.5. The van der Waals surface area contributed by atoms with E-state index < -0.39 is 0 Å². The molecule has 3 fully saturated rings. The molecule has 0 amide bonds. The van der Waals surface area contributed by atoms with Gasteiger partial charge in [-0.05, 0) is 68.7 Å². The maximum absolute atomic E-state index is 5.73. The maximum atomic E-state index is 5.73. The largest absolute Gasteiger partial charge is 0.493 e. The van der Waals surface area contributed by atoms with Crippen LogP contribution >= 0.6 is 0 Å². The van der Waals surface area contributed by atoms with Crippen LogP contribution in [0.4, 0.5) is 5.69 Å². The quantitative estimate of drug-likeness (QED) is 0.831. The Kier molecular flexibility index (Phi) is 3.28. The summed E-state index contributed by atoms with van der Waals surface area (Å²) >= 11 is 0. The summed E-state index contributed by atoms with van der Waals surface area (Å²) in [5.41, 5.74) is 4.42. The molecule has 1 saturated carbocycles. The highest BCUT2D eigenvalue weighted by Gasteiger charge is 2.65. The Morgan fingerprint density at radius 3 is 2.80 bits per heavy atom. The first-order chi connectivity index (χ1) is 12.2. The topological polar surface area (TPSA) is 34.1 Å². The average molecular weight is 340 g/mol. The first-order valence-corrected chi connectivity index (χ1v) is 9.78. The molecule has 0 radical (unpaired) electrons. The number of hydrogen-bond acceptors (Lipinski definition) is 4. The molecule has 5 rings (SSSR count). The molecule has 1 aromatic rings. The third-order valence-electron chi connectivity index (χ3n) is 7.65. The molecule has 4 aliphatic rings. The van der Waals surface area contributed by atoms with Gasteiger partial charge in [0.05, 0.1) is 19.6 Å². The van der Waals surface area contributed by atoms with E-state index in [2.05, 4.69) is 24.0 Å². The van der Waals surface area contributed by atoms with Crippen molar-refractivity contribution in [2.45, 2.75) is 56.9 Å². The lowest BCUT2D eigenvalue weighted by atomic mass is 9.53. The van der Waals surface area contributed by atoms with Gasteiger partial charge in [0.25, 0.3) is 0 Å². The van der Waals surface area contributed by atoms with Crippen molar-refractivity contribution >= 4 is 11.4 Å². The van der Waals surface area contributed by atoms with Crippen LogP contribution in [0, 0.1) is 5.41 Å². The lowest BCUT2D eigenvalue weighted by molar-refractivity contribution is 0.00460. The molecule has 3 heterocycles.